The van der Waals surface area contributed by atoms with E-state index in [1.807, 2.05) is 18.2 Å². The van der Waals surface area contributed by atoms with Gasteiger partial charge in [0, 0.05) is 18.9 Å². The molecule has 3 heterocycles. The molecule has 0 aliphatic carbocycles. The van der Waals surface area contributed by atoms with E-state index in [2.05, 4.69) is 30.8 Å². The minimum absolute atomic E-state index is 0.146. The number of halogens is 2. The van der Waals surface area contributed by atoms with E-state index >= 15 is 0 Å². The summed E-state index contributed by atoms with van der Waals surface area (Å²) in [5.41, 5.74) is 0. The maximum atomic E-state index is 6.00. The van der Waals surface area contributed by atoms with Crippen molar-refractivity contribution in [1.29, 1.82) is 0 Å². The van der Waals surface area contributed by atoms with Gasteiger partial charge in [-0.25, -0.2) is 4.98 Å². The SMILES string of the molecule is Clc1cnc(N2CCCC(Oc3cccnc3)C2)c(Br)c1. The topological polar surface area (TPSA) is 38.2 Å². The van der Waals surface area contributed by atoms with Crippen LogP contribution in [-0.2, 0) is 0 Å². The molecular formula is C15H15BrClN3O. The zero-order valence-electron chi connectivity index (χ0n) is 11.4. The second-order valence-electron chi connectivity index (χ2n) is 4.98. The van der Waals surface area contributed by atoms with Crippen molar-refractivity contribution < 1.29 is 4.74 Å². The van der Waals surface area contributed by atoms with Gasteiger partial charge in [0.15, 0.2) is 0 Å². The Bertz CT molecular complexity index is 611. The molecule has 1 fully saturated rings. The molecule has 0 spiro atoms. The van der Waals surface area contributed by atoms with Crippen molar-refractivity contribution >= 4 is 33.3 Å². The molecule has 0 amide bonds. The second-order valence-corrected chi connectivity index (χ2v) is 6.27. The van der Waals surface area contributed by atoms with Crippen LogP contribution in [0.3, 0.4) is 0 Å². The normalized spacial score (nSPS) is 18.6. The van der Waals surface area contributed by atoms with Gasteiger partial charge in [-0.05, 0) is 47.0 Å². The lowest BCUT2D eigenvalue weighted by molar-refractivity contribution is 0.178. The third-order valence-corrected chi connectivity index (χ3v) is 4.19. The van der Waals surface area contributed by atoms with Gasteiger partial charge in [0.25, 0.3) is 0 Å². The second kappa shape index (κ2) is 6.62. The highest BCUT2D eigenvalue weighted by molar-refractivity contribution is 9.10. The molecule has 0 N–H and O–H groups in total. The fourth-order valence-electron chi connectivity index (χ4n) is 2.48. The van der Waals surface area contributed by atoms with Crippen molar-refractivity contribution in [3.8, 4) is 5.75 Å². The summed E-state index contributed by atoms with van der Waals surface area (Å²) in [5.74, 6) is 1.73. The summed E-state index contributed by atoms with van der Waals surface area (Å²) in [6.45, 7) is 1.78. The lowest BCUT2D eigenvalue weighted by Crippen LogP contribution is -2.41. The van der Waals surface area contributed by atoms with Crippen LogP contribution in [-0.4, -0.2) is 29.2 Å². The quantitative estimate of drug-likeness (QED) is 0.822. The van der Waals surface area contributed by atoms with E-state index in [1.165, 1.54) is 0 Å². The number of nitrogens with zero attached hydrogens (tertiary/aromatic N) is 3. The maximum absolute atomic E-state index is 6.00. The Balaban J connectivity index is 1.71. The predicted molar refractivity (Wildman–Crippen MR) is 87.0 cm³/mol. The Morgan fingerprint density at radius 2 is 2.29 bits per heavy atom. The fraction of sp³-hybridized carbons (Fsp3) is 0.333. The molecule has 0 bridgehead atoms. The summed E-state index contributed by atoms with van der Waals surface area (Å²) >= 11 is 9.48. The first-order valence-corrected chi connectivity index (χ1v) is 8.02. The van der Waals surface area contributed by atoms with E-state index in [0.717, 1.165) is 42.0 Å². The van der Waals surface area contributed by atoms with Gasteiger partial charge in [-0.3, -0.25) is 4.98 Å². The minimum atomic E-state index is 0.146. The van der Waals surface area contributed by atoms with Crippen LogP contribution in [0.4, 0.5) is 5.82 Å². The van der Waals surface area contributed by atoms with E-state index in [4.69, 9.17) is 16.3 Å². The average molecular weight is 369 g/mol. The van der Waals surface area contributed by atoms with E-state index < -0.39 is 0 Å². The van der Waals surface area contributed by atoms with E-state index in [9.17, 15) is 0 Å². The van der Waals surface area contributed by atoms with Crippen LogP contribution in [0, 0.1) is 0 Å². The highest BCUT2D eigenvalue weighted by Gasteiger charge is 2.23. The first kappa shape index (κ1) is 14.6. The maximum Gasteiger partial charge on any atom is 0.143 e. The van der Waals surface area contributed by atoms with E-state index in [-0.39, 0.29) is 6.10 Å². The Hall–Kier alpha value is -1.33. The van der Waals surface area contributed by atoms with Crippen LogP contribution >= 0.6 is 27.5 Å². The highest BCUT2D eigenvalue weighted by Crippen LogP contribution is 2.29. The Morgan fingerprint density at radius 1 is 1.38 bits per heavy atom. The molecule has 110 valence electrons. The monoisotopic (exact) mass is 367 g/mol. The number of rotatable bonds is 3. The molecule has 1 saturated heterocycles. The summed E-state index contributed by atoms with van der Waals surface area (Å²) in [4.78, 5) is 10.7. The third-order valence-electron chi connectivity index (χ3n) is 3.40. The largest absolute Gasteiger partial charge is 0.487 e. The molecule has 6 heteroatoms. The van der Waals surface area contributed by atoms with Gasteiger partial charge in [-0.2, -0.15) is 0 Å². The van der Waals surface area contributed by atoms with Crippen LogP contribution in [0.2, 0.25) is 5.02 Å². The molecule has 0 saturated carbocycles. The summed E-state index contributed by atoms with van der Waals surface area (Å²) in [6.07, 6.45) is 7.42. The molecule has 1 unspecified atom stereocenters. The lowest BCUT2D eigenvalue weighted by atomic mass is 10.1. The Labute approximate surface area is 137 Å². The number of pyridine rings is 2. The molecule has 4 nitrogen and oxygen atoms in total. The van der Waals surface area contributed by atoms with E-state index in [1.54, 1.807) is 18.6 Å². The average Bonchev–Trinajstić information content (AvgIpc) is 2.48. The summed E-state index contributed by atoms with van der Waals surface area (Å²) in [6, 6.07) is 5.69. The van der Waals surface area contributed by atoms with Crippen LogP contribution in [0.1, 0.15) is 12.8 Å². The van der Waals surface area contributed by atoms with E-state index in [0.29, 0.717) is 5.02 Å². The molecule has 2 aromatic heterocycles. The van der Waals surface area contributed by atoms with Gasteiger partial charge >= 0.3 is 0 Å². The number of ether oxygens (including phenoxy) is 1. The minimum Gasteiger partial charge on any atom is -0.487 e. The first-order chi connectivity index (χ1) is 10.2. The third kappa shape index (κ3) is 3.66. The van der Waals surface area contributed by atoms with Crippen molar-refractivity contribution in [3.63, 3.8) is 0 Å². The van der Waals surface area contributed by atoms with Gasteiger partial charge in [0.2, 0.25) is 0 Å². The van der Waals surface area contributed by atoms with Crippen molar-refractivity contribution in [3.05, 3.63) is 46.3 Å². The molecule has 1 atom stereocenters. The smallest absolute Gasteiger partial charge is 0.143 e. The number of piperidine rings is 1. The van der Waals surface area contributed by atoms with Crippen molar-refractivity contribution in [1.82, 2.24) is 9.97 Å². The summed E-state index contributed by atoms with van der Waals surface area (Å²) in [7, 11) is 0. The van der Waals surface area contributed by atoms with Gasteiger partial charge < -0.3 is 9.64 Å². The van der Waals surface area contributed by atoms with Gasteiger partial charge in [-0.1, -0.05) is 11.6 Å². The molecule has 21 heavy (non-hydrogen) atoms. The molecule has 2 aromatic rings. The van der Waals surface area contributed by atoms with Gasteiger partial charge in [0.1, 0.15) is 17.7 Å². The predicted octanol–water partition coefficient (Wildman–Crippen LogP) is 3.94. The zero-order valence-corrected chi connectivity index (χ0v) is 13.7. The van der Waals surface area contributed by atoms with Crippen LogP contribution < -0.4 is 9.64 Å². The number of hydrogen-bond acceptors (Lipinski definition) is 4. The Morgan fingerprint density at radius 3 is 3.05 bits per heavy atom. The molecule has 1 aliphatic rings. The molecule has 3 rings (SSSR count). The number of anilines is 1. The summed E-state index contributed by atoms with van der Waals surface area (Å²) in [5, 5.41) is 0.630. The molecular weight excluding hydrogens is 354 g/mol. The Kier molecular flexibility index (Phi) is 4.60. The van der Waals surface area contributed by atoms with Gasteiger partial charge in [-0.15, -0.1) is 0 Å². The highest BCUT2D eigenvalue weighted by atomic mass is 79.9. The first-order valence-electron chi connectivity index (χ1n) is 6.85. The molecule has 0 radical (unpaired) electrons. The van der Waals surface area contributed by atoms with Crippen LogP contribution in [0.5, 0.6) is 5.75 Å². The number of aromatic nitrogens is 2. The lowest BCUT2D eigenvalue weighted by Gasteiger charge is -2.34. The fourth-order valence-corrected chi connectivity index (χ4v) is 3.37. The zero-order chi connectivity index (χ0) is 14.7. The summed E-state index contributed by atoms with van der Waals surface area (Å²) < 4.78 is 6.91. The molecule has 0 aromatic carbocycles. The molecule has 1 aliphatic heterocycles. The van der Waals surface area contributed by atoms with Crippen molar-refractivity contribution in [2.45, 2.75) is 18.9 Å². The standard InChI is InChI=1S/C15H15BrClN3O/c16-14-7-11(17)8-19-15(14)20-6-2-4-13(10-20)21-12-3-1-5-18-9-12/h1,3,5,7-9,13H,2,4,6,10H2. The van der Waals surface area contributed by atoms with Gasteiger partial charge in [0.05, 0.1) is 22.2 Å². The van der Waals surface area contributed by atoms with Crippen molar-refractivity contribution in [2.24, 2.45) is 0 Å². The number of hydrogen-bond donors (Lipinski definition) is 0. The van der Waals surface area contributed by atoms with Crippen LogP contribution in [0.25, 0.3) is 0 Å². The van der Waals surface area contributed by atoms with Crippen LogP contribution in [0.15, 0.2) is 41.3 Å². The van der Waals surface area contributed by atoms with Crippen molar-refractivity contribution in [2.75, 3.05) is 18.0 Å².